The fourth-order valence-electron chi connectivity index (χ4n) is 3.03. The molecule has 3 rings (SSSR count). The van der Waals surface area contributed by atoms with Crippen molar-refractivity contribution in [3.05, 3.63) is 35.9 Å². The summed E-state index contributed by atoms with van der Waals surface area (Å²) in [7, 11) is -1.52. The van der Waals surface area contributed by atoms with E-state index in [1.165, 1.54) is 4.40 Å². The minimum absolute atomic E-state index is 0.0527. The molecule has 9 nitrogen and oxygen atoms in total. The number of hydrogen-bond donors (Lipinski definition) is 2. The number of fused-ring (bicyclic) bond motifs is 1. The van der Waals surface area contributed by atoms with Crippen LogP contribution in [0.2, 0.25) is 0 Å². The van der Waals surface area contributed by atoms with Crippen molar-refractivity contribution >= 4 is 27.2 Å². The van der Waals surface area contributed by atoms with Gasteiger partial charge in [0.05, 0.1) is 17.0 Å². The lowest BCUT2D eigenvalue weighted by Gasteiger charge is -2.09. The van der Waals surface area contributed by atoms with Gasteiger partial charge in [-0.2, -0.15) is 0 Å². The predicted octanol–water partition coefficient (Wildman–Crippen LogP) is 0.0175. The summed E-state index contributed by atoms with van der Waals surface area (Å²) >= 11 is 0. The molecule has 146 valence electrons. The maximum Gasteiger partial charge on any atom is 0.287 e. The summed E-state index contributed by atoms with van der Waals surface area (Å²) < 4.78 is 29.6. The van der Waals surface area contributed by atoms with Crippen molar-refractivity contribution in [3.8, 4) is 0 Å². The zero-order valence-electron chi connectivity index (χ0n) is 15.0. The van der Waals surface area contributed by atoms with E-state index < -0.39 is 21.8 Å². The standard InChI is InChI=1S/C17H22N4O5S/c1-26-9-4-7-18-16(22)14-13-5-2-3-8-21(13)15(20-14)17(23)19-12-6-10-27(24,25)11-12/h2-3,5,8,12H,4,6-7,9-11H2,1H3,(H,18,22)(H,19,23). The number of rotatable bonds is 7. The van der Waals surface area contributed by atoms with Crippen molar-refractivity contribution < 1.29 is 22.7 Å². The van der Waals surface area contributed by atoms with Gasteiger partial charge in [0, 0.05) is 32.5 Å². The molecule has 2 N–H and O–H groups in total. The lowest BCUT2D eigenvalue weighted by Crippen LogP contribution is -2.36. The Morgan fingerprint density at radius 3 is 2.85 bits per heavy atom. The Morgan fingerprint density at radius 2 is 2.15 bits per heavy atom. The van der Waals surface area contributed by atoms with Gasteiger partial charge in [0.1, 0.15) is 0 Å². The molecule has 10 heteroatoms. The zero-order valence-corrected chi connectivity index (χ0v) is 15.8. The highest BCUT2D eigenvalue weighted by atomic mass is 32.2. The average molecular weight is 394 g/mol. The average Bonchev–Trinajstić information content (AvgIpc) is 3.18. The van der Waals surface area contributed by atoms with Crippen LogP contribution >= 0.6 is 0 Å². The van der Waals surface area contributed by atoms with Gasteiger partial charge in [-0.15, -0.1) is 0 Å². The van der Waals surface area contributed by atoms with E-state index in [0.717, 1.165) is 0 Å². The molecule has 0 radical (unpaired) electrons. The maximum atomic E-state index is 12.6. The fraction of sp³-hybridized carbons (Fsp3) is 0.471. The van der Waals surface area contributed by atoms with Crippen molar-refractivity contribution in [3.63, 3.8) is 0 Å². The minimum Gasteiger partial charge on any atom is -0.385 e. The van der Waals surface area contributed by atoms with E-state index in [1.54, 1.807) is 31.5 Å². The smallest absolute Gasteiger partial charge is 0.287 e. The first-order chi connectivity index (χ1) is 12.9. The van der Waals surface area contributed by atoms with Gasteiger partial charge < -0.3 is 15.4 Å². The van der Waals surface area contributed by atoms with Gasteiger partial charge in [-0.1, -0.05) is 6.07 Å². The lowest BCUT2D eigenvalue weighted by molar-refractivity contribution is 0.0930. The summed E-state index contributed by atoms with van der Waals surface area (Å²) in [6, 6.07) is 4.74. The number of pyridine rings is 1. The molecule has 2 aromatic rings. The lowest BCUT2D eigenvalue weighted by atomic mass is 10.2. The summed E-state index contributed by atoms with van der Waals surface area (Å²) in [5.41, 5.74) is 0.656. The number of carbonyl (C=O) groups is 2. The summed E-state index contributed by atoms with van der Waals surface area (Å²) in [6.07, 6.45) is 2.69. The number of sulfone groups is 1. The Balaban J connectivity index is 1.79. The van der Waals surface area contributed by atoms with E-state index in [2.05, 4.69) is 15.6 Å². The van der Waals surface area contributed by atoms with Crippen LogP contribution in [-0.2, 0) is 14.6 Å². The minimum atomic E-state index is -3.11. The van der Waals surface area contributed by atoms with Crippen LogP contribution in [-0.4, -0.2) is 67.4 Å². The molecule has 0 spiro atoms. The fourth-order valence-corrected chi connectivity index (χ4v) is 4.70. The van der Waals surface area contributed by atoms with Gasteiger partial charge in [0.15, 0.2) is 15.5 Å². The summed E-state index contributed by atoms with van der Waals surface area (Å²) in [4.78, 5) is 29.3. The molecule has 3 heterocycles. The molecule has 1 aliphatic rings. The van der Waals surface area contributed by atoms with Gasteiger partial charge in [0.25, 0.3) is 11.8 Å². The largest absolute Gasteiger partial charge is 0.385 e. The van der Waals surface area contributed by atoms with Crippen molar-refractivity contribution in [2.75, 3.05) is 31.8 Å². The number of nitrogens with one attached hydrogen (secondary N) is 2. The number of nitrogens with zero attached hydrogens (tertiary/aromatic N) is 2. The molecule has 2 aromatic heterocycles. The number of amides is 2. The molecule has 2 amide bonds. The summed E-state index contributed by atoms with van der Waals surface area (Å²) in [6.45, 7) is 0.960. The molecule has 1 atom stereocenters. The second-order valence-corrected chi connectivity index (χ2v) is 8.64. The molecule has 27 heavy (non-hydrogen) atoms. The van der Waals surface area contributed by atoms with Crippen molar-refractivity contribution in [1.29, 1.82) is 0 Å². The van der Waals surface area contributed by atoms with E-state index in [0.29, 0.717) is 31.5 Å². The number of methoxy groups -OCH3 is 1. The molecule has 0 aliphatic carbocycles. The number of hydrogen-bond acceptors (Lipinski definition) is 6. The number of imidazole rings is 1. The molecular formula is C17H22N4O5S. The molecule has 1 fully saturated rings. The number of carbonyl (C=O) groups excluding carboxylic acids is 2. The van der Waals surface area contributed by atoms with Crippen LogP contribution in [0.15, 0.2) is 24.4 Å². The van der Waals surface area contributed by atoms with Crippen molar-refractivity contribution in [2.24, 2.45) is 0 Å². The van der Waals surface area contributed by atoms with E-state index in [9.17, 15) is 18.0 Å². The first kappa shape index (κ1) is 19.3. The molecule has 1 unspecified atom stereocenters. The van der Waals surface area contributed by atoms with Gasteiger partial charge in [-0.3, -0.25) is 14.0 Å². The Hall–Kier alpha value is -2.46. The predicted molar refractivity (Wildman–Crippen MR) is 98.5 cm³/mol. The van der Waals surface area contributed by atoms with E-state index in [1.807, 2.05) is 0 Å². The van der Waals surface area contributed by atoms with Crippen LogP contribution in [0, 0.1) is 0 Å². The SMILES string of the molecule is COCCCNC(=O)c1nc(C(=O)NC2CCS(=O)(=O)C2)n2ccccc12. The third-order valence-corrected chi connectivity index (χ3v) is 6.11. The topological polar surface area (TPSA) is 119 Å². The summed E-state index contributed by atoms with van der Waals surface area (Å²) in [5, 5.41) is 5.46. The Bertz CT molecular complexity index is 953. The Labute approximate surface area is 157 Å². The van der Waals surface area contributed by atoms with Gasteiger partial charge in [-0.25, -0.2) is 13.4 Å². The third-order valence-electron chi connectivity index (χ3n) is 4.35. The van der Waals surface area contributed by atoms with Crippen LogP contribution in [0.25, 0.3) is 5.52 Å². The van der Waals surface area contributed by atoms with Crippen LogP contribution in [0.5, 0.6) is 0 Å². The summed E-state index contributed by atoms with van der Waals surface area (Å²) in [5.74, 6) is -0.837. The second kappa shape index (κ2) is 8.05. The first-order valence-electron chi connectivity index (χ1n) is 8.67. The quantitative estimate of drug-likeness (QED) is 0.639. The molecule has 0 bridgehead atoms. The first-order valence-corrected chi connectivity index (χ1v) is 10.5. The number of ether oxygens (including phenoxy) is 1. The van der Waals surface area contributed by atoms with Gasteiger partial charge >= 0.3 is 0 Å². The maximum absolute atomic E-state index is 12.6. The van der Waals surface area contributed by atoms with Crippen LogP contribution < -0.4 is 10.6 Å². The highest BCUT2D eigenvalue weighted by molar-refractivity contribution is 7.91. The van der Waals surface area contributed by atoms with Crippen LogP contribution in [0.3, 0.4) is 0 Å². The van der Waals surface area contributed by atoms with Crippen LogP contribution in [0.1, 0.15) is 33.9 Å². The van der Waals surface area contributed by atoms with Crippen molar-refractivity contribution in [1.82, 2.24) is 20.0 Å². The second-order valence-electron chi connectivity index (χ2n) is 6.42. The monoisotopic (exact) mass is 394 g/mol. The number of aromatic nitrogens is 2. The van der Waals surface area contributed by atoms with E-state index >= 15 is 0 Å². The Kier molecular flexibility index (Phi) is 5.76. The van der Waals surface area contributed by atoms with E-state index in [4.69, 9.17) is 4.74 Å². The molecule has 0 aromatic carbocycles. The third kappa shape index (κ3) is 4.45. The zero-order chi connectivity index (χ0) is 19.4. The van der Waals surface area contributed by atoms with Gasteiger partial charge in [0.2, 0.25) is 5.82 Å². The molecule has 0 saturated carbocycles. The highest BCUT2D eigenvalue weighted by Gasteiger charge is 2.30. The molecular weight excluding hydrogens is 372 g/mol. The Morgan fingerprint density at radius 1 is 1.33 bits per heavy atom. The van der Waals surface area contributed by atoms with Crippen molar-refractivity contribution in [2.45, 2.75) is 18.9 Å². The van der Waals surface area contributed by atoms with Crippen LogP contribution in [0.4, 0.5) is 0 Å². The van der Waals surface area contributed by atoms with Gasteiger partial charge in [-0.05, 0) is 25.0 Å². The molecule has 1 aliphatic heterocycles. The normalized spacial score (nSPS) is 18.5. The highest BCUT2D eigenvalue weighted by Crippen LogP contribution is 2.15. The van der Waals surface area contributed by atoms with E-state index in [-0.39, 0.29) is 28.9 Å². The molecule has 1 saturated heterocycles.